The van der Waals surface area contributed by atoms with Crippen LogP contribution < -0.4 is 5.73 Å². The number of unbranched alkanes of at least 4 members (excludes halogenated alkanes) is 1. The molecule has 0 spiro atoms. The van der Waals surface area contributed by atoms with Gasteiger partial charge in [-0.3, -0.25) is 10.1 Å². The molecule has 0 saturated heterocycles. The third kappa shape index (κ3) is 2.66. The third-order valence-corrected chi connectivity index (χ3v) is 2.66. The second-order valence-electron chi connectivity index (χ2n) is 3.05. The Bertz CT molecular complexity index is 313. The fourth-order valence-corrected chi connectivity index (χ4v) is 1.82. The van der Waals surface area contributed by atoms with Gasteiger partial charge in [0.2, 0.25) is 0 Å². The first-order valence-electron chi connectivity index (χ1n) is 4.49. The number of anilines is 1. The molecule has 0 aliphatic rings. The zero-order valence-electron chi connectivity index (χ0n) is 7.97. The molecule has 0 radical (unpaired) electrons. The van der Waals surface area contributed by atoms with Crippen molar-refractivity contribution in [1.29, 1.82) is 0 Å². The van der Waals surface area contributed by atoms with E-state index in [-0.39, 0.29) is 4.92 Å². The zero-order valence-corrected chi connectivity index (χ0v) is 8.79. The summed E-state index contributed by atoms with van der Waals surface area (Å²) >= 11 is 1.25. The van der Waals surface area contributed by atoms with Crippen molar-refractivity contribution in [2.24, 2.45) is 0 Å². The minimum Gasteiger partial charge on any atom is -0.375 e. The van der Waals surface area contributed by atoms with Crippen molar-refractivity contribution in [2.75, 3.05) is 5.73 Å². The Kier molecular flexibility index (Phi) is 3.82. The summed E-state index contributed by atoms with van der Waals surface area (Å²) in [5, 5.41) is 12.8. The summed E-state index contributed by atoms with van der Waals surface area (Å²) in [5.74, 6) is 0. The predicted molar refractivity (Wildman–Crippen MR) is 55.8 cm³/mol. The van der Waals surface area contributed by atoms with Crippen molar-refractivity contribution in [3.8, 4) is 0 Å². The summed E-state index contributed by atoms with van der Waals surface area (Å²) in [6.07, 6.45) is 2.32. The van der Waals surface area contributed by atoms with E-state index in [1.165, 1.54) is 11.3 Å². The maximum absolute atomic E-state index is 10.7. The molecule has 2 N–H and O–H groups in total. The highest BCUT2D eigenvalue weighted by molar-refractivity contribution is 7.13. The van der Waals surface area contributed by atoms with Crippen LogP contribution in [0.5, 0.6) is 0 Å². The van der Waals surface area contributed by atoms with Crippen molar-refractivity contribution in [3.05, 3.63) is 21.2 Å². The number of hydrogen-bond donors (Lipinski definition) is 1. The van der Waals surface area contributed by atoms with Crippen molar-refractivity contribution in [3.63, 3.8) is 0 Å². The molecule has 0 saturated carbocycles. The number of rotatable bonds is 5. The van der Waals surface area contributed by atoms with Crippen LogP contribution >= 0.6 is 11.3 Å². The first-order chi connectivity index (χ1) is 6.65. The van der Waals surface area contributed by atoms with Gasteiger partial charge in [-0.25, -0.2) is 4.98 Å². The van der Waals surface area contributed by atoms with Gasteiger partial charge in [0.15, 0.2) is 5.13 Å². The van der Waals surface area contributed by atoms with E-state index >= 15 is 0 Å². The van der Waals surface area contributed by atoms with E-state index in [4.69, 9.17) is 5.73 Å². The van der Waals surface area contributed by atoms with Crippen molar-refractivity contribution in [2.45, 2.75) is 32.2 Å². The van der Waals surface area contributed by atoms with E-state index in [9.17, 15) is 10.1 Å². The van der Waals surface area contributed by atoms with Crippen LogP contribution in [0, 0.1) is 10.1 Å². The van der Waals surface area contributed by atoms with E-state index in [0.717, 1.165) is 12.8 Å². The summed E-state index contributed by atoms with van der Waals surface area (Å²) in [5.41, 5.74) is 5.92. The quantitative estimate of drug-likeness (QED) is 0.603. The van der Waals surface area contributed by atoms with Crippen LogP contribution in [-0.2, 0) is 0 Å². The maximum Gasteiger partial charge on any atom is 0.255 e. The lowest BCUT2D eigenvalue weighted by Crippen LogP contribution is -2.10. The average Bonchev–Trinajstić information content (AvgIpc) is 2.52. The molecule has 78 valence electrons. The van der Waals surface area contributed by atoms with Gasteiger partial charge >= 0.3 is 0 Å². The highest BCUT2D eigenvalue weighted by atomic mass is 32.1. The molecule has 1 atom stereocenters. The highest BCUT2D eigenvalue weighted by Gasteiger charge is 2.24. The van der Waals surface area contributed by atoms with Crippen LogP contribution in [0.25, 0.3) is 0 Å². The van der Waals surface area contributed by atoms with Gasteiger partial charge in [-0.2, -0.15) is 0 Å². The molecule has 1 rings (SSSR count). The van der Waals surface area contributed by atoms with E-state index in [1.54, 1.807) is 5.38 Å². The molecule has 5 nitrogen and oxygen atoms in total. The number of nitro groups is 1. The number of aromatic nitrogens is 1. The molecule has 1 aromatic heterocycles. The van der Waals surface area contributed by atoms with Crippen LogP contribution in [0.15, 0.2) is 5.38 Å². The van der Waals surface area contributed by atoms with Crippen LogP contribution in [0.1, 0.15) is 37.9 Å². The van der Waals surface area contributed by atoms with Gasteiger partial charge in [0, 0.05) is 16.7 Å². The van der Waals surface area contributed by atoms with Gasteiger partial charge in [0.25, 0.3) is 6.04 Å². The topological polar surface area (TPSA) is 82.0 Å². The molecule has 0 amide bonds. The number of thiazole rings is 1. The Morgan fingerprint density at radius 3 is 2.93 bits per heavy atom. The molecule has 1 aromatic rings. The van der Waals surface area contributed by atoms with E-state index in [0.29, 0.717) is 17.2 Å². The Morgan fingerprint density at radius 1 is 1.79 bits per heavy atom. The van der Waals surface area contributed by atoms with Gasteiger partial charge in [0.1, 0.15) is 5.69 Å². The first-order valence-corrected chi connectivity index (χ1v) is 5.37. The van der Waals surface area contributed by atoms with Crippen LogP contribution in [0.4, 0.5) is 5.13 Å². The molecule has 1 heterocycles. The Morgan fingerprint density at radius 2 is 2.50 bits per heavy atom. The first kappa shape index (κ1) is 10.9. The Labute approximate surface area is 86.1 Å². The molecule has 0 fully saturated rings. The molecule has 14 heavy (non-hydrogen) atoms. The third-order valence-electron chi connectivity index (χ3n) is 1.97. The SMILES string of the molecule is CCCCC(c1csc(N)n1)[N+](=O)[O-]. The molecule has 0 aliphatic heterocycles. The van der Waals surface area contributed by atoms with Gasteiger partial charge < -0.3 is 5.73 Å². The predicted octanol–water partition coefficient (Wildman–Crippen LogP) is 2.23. The minimum absolute atomic E-state index is 0.288. The standard InChI is InChI=1S/C8H13N3O2S/c1-2-3-4-7(11(12)13)6-5-14-8(9)10-6/h5,7H,2-4H2,1H3,(H2,9,10). The zero-order chi connectivity index (χ0) is 10.6. The maximum atomic E-state index is 10.7. The van der Waals surface area contributed by atoms with Gasteiger partial charge in [-0.1, -0.05) is 13.3 Å². The van der Waals surface area contributed by atoms with Gasteiger partial charge in [-0.05, 0) is 6.42 Å². The molecule has 0 aromatic carbocycles. The molecule has 6 heteroatoms. The van der Waals surface area contributed by atoms with Crippen LogP contribution in [-0.4, -0.2) is 9.91 Å². The molecule has 0 aliphatic carbocycles. The Balaban J connectivity index is 2.72. The van der Waals surface area contributed by atoms with Crippen molar-refractivity contribution >= 4 is 16.5 Å². The number of nitrogen functional groups attached to an aromatic ring is 1. The fraction of sp³-hybridized carbons (Fsp3) is 0.625. The van der Waals surface area contributed by atoms with Crippen molar-refractivity contribution < 1.29 is 4.92 Å². The second kappa shape index (κ2) is 4.90. The summed E-state index contributed by atoms with van der Waals surface area (Å²) in [4.78, 5) is 14.4. The summed E-state index contributed by atoms with van der Waals surface area (Å²) in [6.45, 7) is 2.01. The number of hydrogen-bond acceptors (Lipinski definition) is 5. The normalized spacial score (nSPS) is 12.6. The number of nitrogens with two attached hydrogens (primary N) is 1. The fourth-order valence-electron chi connectivity index (χ4n) is 1.21. The Hall–Kier alpha value is -1.17. The van der Waals surface area contributed by atoms with E-state index in [1.807, 2.05) is 6.92 Å². The average molecular weight is 215 g/mol. The molecule has 1 unspecified atom stereocenters. The molecular formula is C8H13N3O2S. The lowest BCUT2D eigenvalue weighted by Gasteiger charge is -2.04. The highest BCUT2D eigenvalue weighted by Crippen LogP contribution is 2.24. The van der Waals surface area contributed by atoms with Gasteiger partial charge in [-0.15, -0.1) is 11.3 Å². The van der Waals surface area contributed by atoms with Crippen LogP contribution in [0.2, 0.25) is 0 Å². The molecular weight excluding hydrogens is 202 g/mol. The molecule has 0 bridgehead atoms. The van der Waals surface area contributed by atoms with E-state index < -0.39 is 6.04 Å². The second-order valence-corrected chi connectivity index (χ2v) is 3.94. The largest absolute Gasteiger partial charge is 0.375 e. The monoisotopic (exact) mass is 215 g/mol. The minimum atomic E-state index is -0.691. The smallest absolute Gasteiger partial charge is 0.255 e. The summed E-state index contributed by atoms with van der Waals surface area (Å²) in [7, 11) is 0. The van der Waals surface area contributed by atoms with Gasteiger partial charge in [0.05, 0.1) is 0 Å². The van der Waals surface area contributed by atoms with Crippen LogP contribution in [0.3, 0.4) is 0 Å². The summed E-state index contributed by atoms with van der Waals surface area (Å²) < 4.78 is 0. The lowest BCUT2D eigenvalue weighted by molar-refractivity contribution is -0.530. The van der Waals surface area contributed by atoms with E-state index in [2.05, 4.69) is 4.98 Å². The lowest BCUT2D eigenvalue weighted by atomic mass is 10.1. The summed E-state index contributed by atoms with van der Waals surface area (Å²) in [6, 6.07) is -0.691. The van der Waals surface area contributed by atoms with Crippen molar-refractivity contribution in [1.82, 2.24) is 4.98 Å². The number of nitrogens with zero attached hydrogens (tertiary/aromatic N) is 2.